The van der Waals surface area contributed by atoms with E-state index < -0.39 is 0 Å². The first-order chi connectivity index (χ1) is 16.7. The van der Waals surface area contributed by atoms with Crippen LogP contribution in [0.15, 0.2) is 42.5 Å². The molecule has 3 atom stereocenters. The summed E-state index contributed by atoms with van der Waals surface area (Å²) >= 11 is 0. The van der Waals surface area contributed by atoms with Crippen molar-refractivity contribution in [1.29, 1.82) is 0 Å². The molecule has 0 aliphatic carbocycles. The molecule has 0 unspecified atom stereocenters. The number of anilines is 1. The molecule has 190 valence electrons. The molecule has 8 heteroatoms. The largest absolute Gasteiger partial charge is 0.491 e. The average Bonchev–Trinajstić information content (AvgIpc) is 2.84. The number of ether oxygens (including phenoxy) is 2. The van der Waals surface area contributed by atoms with E-state index in [0.717, 1.165) is 5.56 Å². The summed E-state index contributed by atoms with van der Waals surface area (Å²) in [5.74, 6) is -0.0347. The van der Waals surface area contributed by atoms with Gasteiger partial charge < -0.3 is 19.7 Å². The number of hydrogen-bond donors (Lipinski definition) is 1. The summed E-state index contributed by atoms with van der Waals surface area (Å²) in [6.07, 6.45) is 0.167. The molecule has 7 nitrogen and oxygen atoms in total. The van der Waals surface area contributed by atoms with Gasteiger partial charge in [0.1, 0.15) is 18.2 Å². The molecule has 2 aromatic rings. The highest BCUT2D eigenvalue weighted by Gasteiger charge is 2.28. The summed E-state index contributed by atoms with van der Waals surface area (Å²) in [7, 11) is 3.40. The van der Waals surface area contributed by atoms with Crippen LogP contribution in [0.25, 0.3) is 0 Å². The fraction of sp³-hybridized carbons (Fsp3) is 0.481. The molecular weight excluding hydrogens is 449 g/mol. The van der Waals surface area contributed by atoms with Gasteiger partial charge in [-0.3, -0.25) is 14.5 Å². The summed E-state index contributed by atoms with van der Waals surface area (Å²) < 4.78 is 25.8. The lowest BCUT2D eigenvalue weighted by molar-refractivity contribution is -0.115. The highest BCUT2D eigenvalue weighted by molar-refractivity contribution is 5.98. The number of methoxy groups -OCH3 is 1. The second-order valence-corrected chi connectivity index (χ2v) is 9.27. The van der Waals surface area contributed by atoms with E-state index in [1.807, 2.05) is 6.07 Å². The second-order valence-electron chi connectivity index (χ2n) is 9.27. The van der Waals surface area contributed by atoms with Crippen LogP contribution in [0, 0.1) is 11.7 Å². The Kier molecular flexibility index (Phi) is 9.23. The van der Waals surface area contributed by atoms with Gasteiger partial charge in [-0.15, -0.1) is 0 Å². The van der Waals surface area contributed by atoms with E-state index in [2.05, 4.69) is 24.1 Å². The number of amides is 2. The van der Waals surface area contributed by atoms with Crippen LogP contribution >= 0.6 is 0 Å². The Bertz CT molecular complexity index is 1030. The monoisotopic (exact) mass is 485 g/mol. The number of carbonyl (C=O) groups excluding carboxylic acids is 2. The molecule has 1 N–H and O–H groups in total. The number of rotatable bonds is 5. The van der Waals surface area contributed by atoms with Crippen LogP contribution in [0.1, 0.15) is 43.1 Å². The zero-order chi connectivity index (χ0) is 25.5. The van der Waals surface area contributed by atoms with Crippen molar-refractivity contribution in [3.63, 3.8) is 0 Å². The summed E-state index contributed by atoms with van der Waals surface area (Å²) in [5, 5.41) is 2.82. The zero-order valence-electron chi connectivity index (χ0n) is 21.2. The third-order valence-electron chi connectivity index (χ3n) is 6.46. The minimum Gasteiger partial charge on any atom is -0.491 e. The van der Waals surface area contributed by atoms with E-state index in [-0.39, 0.29) is 35.7 Å². The lowest BCUT2D eigenvalue weighted by Gasteiger charge is -2.36. The number of halogens is 1. The van der Waals surface area contributed by atoms with Gasteiger partial charge in [0.2, 0.25) is 5.91 Å². The number of carbonyl (C=O) groups is 2. The van der Waals surface area contributed by atoms with Gasteiger partial charge in [0.15, 0.2) is 0 Å². The molecule has 0 spiro atoms. The molecule has 2 amide bonds. The minimum absolute atomic E-state index is 0.0350. The topological polar surface area (TPSA) is 71.1 Å². The fourth-order valence-corrected chi connectivity index (χ4v) is 4.26. The Balaban J connectivity index is 1.94. The van der Waals surface area contributed by atoms with Crippen LogP contribution < -0.4 is 10.1 Å². The molecule has 2 aromatic carbocycles. The third kappa shape index (κ3) is 7.02. The van der Waals surface area contributed by atoms with Crippen LogP contribution in [0.3, 0.4) is 0 Å². The Morgan fingerprint density at radius 1 is 1.20 bits per heavy atom. The van der Waals surface area contributed by atoms with E-state index >= 15 is 0 Å². The Morgan fingerprint density at radius 2 is 1.97 bits per heavy atom. The third-order valence-corrected chi connectivity index (χ3v) is 6.46. The first-order valence-corrected chi connectivity index (χ1v) is 12.0. The van der Waals surface area contributed by atoms with Crippen LogP contribution in [-0.2, 0) is 16.1 Å². The molecule has 1 aliphatic heterocycles. The number of benzene rings is 2. The molecule has 0 aromatic heterocycles. The van der Waals surface area contributed by atoms with Gasteiger partial charge in [0.05, 0.1) is 11.7 Å². The van der Waals surface area contributed by atoms with Gasteiger partial charge in [0.25, 0.3) is 5.91 Å². The van der Waals surface area contributed by atoms with E-state index in [9.17, 15) is 14.0 Å². The molecule has 0 saturated carbocycles. The van der Waals surface area contributed by atoms with Crippen molar-refractivity contribution in [2.75, 3.05) is 39.2 Å². The lowest BCUT2D eigenvalue weighted by Crippen LogP contribution is -2.46. The van der Waals surface area contributed by atoms with Crippen LogP contribution in [-0.4, -0.2) is 67.6 Å². The van der Waals surface area contributed by atoms with Crippen LogP contribution in [0.4, 0.5) is 10.1 Å². The molecule has 3 rings (SSSR count). The predicted molar refractivity (Wildman–Crippen MR) is 134 cm³/mol. The summed E-state index contributed by atoms with van der Waals surface area (Å²) in [6, 6.07) is 11.7. The first-order valence-electron chi connectivity index (χ1n) is 12.0. The van der Waals surface area contributed by atoms with Gasteiger partial charge in [-0.05, 0) is 42.7 Å². The summed E-state index contributed by atoms with van der Waals surface area (Å²) in [6.45, 7) is 7.89. The highest BCUT2D eigenvalue weighted by Crippen LogP contribution is 2.27. The smallest absolute Gasteiger partial charge is 0.257 e. The summed E-state index contributed by atoms with van der Waals surface area (Å²) in [5.41, 5.74) is 1.88. The van der Waals surface area contributed by atoms with Gasteiger partial charge in [-0.25, -0.2) is 4.39 Å². The normalized spacial score (nSPS) is 21.9. The van der Waals surface area contributed by atoms with Gasteiger partial charge in [0, 0.05) is 58.0 Å². The molecule has 0 fully saturated rings. The number of nitrogens with one attached hydrogen (secondary N) is 1. The predicted octanol–water partition coefficient (Wildman–Crippen LogP) is 4.18. The van der Waals surface area contributed by atoms with Gasteiger partial charge in [-0.2, -0.15) is 0 Å². The summed E-state index contributed by atoms with van der Waals surface area (Å²) in [4.78, 5) is 29.1. The standard InChI is InChI=1S/C27H36FN3O4/c1-6-26(32)29-22-10-11-23-24(13-22)35-17-19(3)31(15-20-8-7-9-21(28)12-20)14-18(2)25(34-5)16-30(4)27(23)33/h7-13,18-19,25H,6,14-17H2,1-5H3,(H,29,32)/t18-,19+,25-/m0/s1. The van der Waals surface area contributed by atoms with Crippen LogP contribution in [0.5, 0.6) is 5.75 Å². The van der Waals surface area contributed by atoms with Crippen molar-refractivity contribution in [3.05, 3.63) is 59.4 Å². The molecule has 0 radical (unpaired) electrons. The SMILES string of the molecule is CCC(=O)Nc1ccc2c(c1)OC[C@@H](C)N(Cc1cccc(F)c1)C[C@H](C)[C@@H](OC)CN(C)C2=O. The Morgan fingerprint density at radius 3 is 2.66 bits per heavy atom. The van der Waals surface area contributed by atoms with Crippen molar-refractivity contribution in [1.82, 2.24) is 9.80 Å². The van der Waals surface area contributed by atoms with E-state index in [4.69, 9.17) is 9.47 Å². The Hall–Kier alpha value is -2.97. The zero-order valence-corrected chi connectivity index (χ0v) is 21.2. The highest BCUT2D eigenvalue weighted by atomic mass is 19.1. The maximum Gasteiger partial charge on any atom is 0.257 e. The lowest BCUT2D eigenvalue weighted by atomic mass is 10.0. The van der Waals surface area contributed by atoms with Crippen molar-refractivity contribution in [3.8, 4) is 5.75 Å². The van der Waals surface area contributed by atoms with Crippen molar-refractivity contribution in [2.24, 2.45) is 5.92 Å². The van der Waals surface area contributed by atoms with E-state index in [1.54, 1.807) is 56.3 Å². The number of fused-ring (bicyclic) bond motifs is 1. The number of nitrogens with zero attached hydrogens (tertiary/aromatic N) is 2. The maximum absolute atomic E-state index is 13.8. The number of likely N-dealkylation sites (N-methyl/N-ethyl adjacent to an activating group) is 1. The number of hydrogen-bond acceptors (Lipinski definition) is 5. The Labute approximate surface area is 207 Å². The van der Waals surface area contributed by atoms with E-state index in [0.29, 0.717) is 49.7 Å². The maximum atomic E-state index is 13.8. The van der Waals surface area contributed by atoms with Crippen molar-refractivity contribution >= 4 is 17.5 Å². The molecule has 1 heterocycles. The quantitative estimate of drug-likeness (QED) is 0.688. The molecular formula is C27H36FN3O4. The molecule has 0 bridgehead atoms. The minimum atomic E-state index is -0.265. The average molecular weight is 486 g/mol. The van der Waals surface area contributed by atoms with Gasteiger partial charge in [-0.1, -0.05) is 26.0 Å². The second kappa shape index (κ2) is 12.1. The van der Waals surface area contributed by atoms with Crippen molar-refractivity contribution in [2.45, 2.75) is 45.9 Å². The molecule has 1 aliphatic rings. The van der Waals surface area contributed by atoms with Gasteiger partial charge >= 0.3 is 0 Å². The van der Waals surface area contributed by atoms with E-state index in [1.165, 1.54) is 6.07 Å². The molecule has 35 heavy (non-hydrogen) atoms. The molecule has 0 saturated heterocycles. The van der Waals surface area contributed by atoms with Crippen molar-refractivity contribution < 1.29 is 23.5 Å². The first kappa shape index (κ1) is 26.6. The fourth-order valence-electron chi connectivity index (χ4n) is 4.26. The van der Waals surface area contributed by atoms with Crippen LogP contribution in [0.2, 0.25) is 0 Å².